The van der Waals surface area contributed by atoms with Gasteiger partial charge in [0.2, 0.25) is 5.91 Å². The van der Waals surface area contributed by atoms with Gasteiger partial charge >= 0.3 is 0 Å². The fourth-order valence-corrected chi connectivity index (χ4v) is 1.76. The molecule has 0 spiro atoms. The highest BCUT2D eigenvalue weighted by atomic mass is 127. The van der Waals surface area contributed by atoms with E-state index in [-0.39, 0.29) is 29.9 Å². The number of guanidine groups is 1. The average molecular weight is 426 g/mol. The number of hydrogen-bond acceptors (Lipinski definition) is 2. The molecule has 0 aliphatic rings. The average Bonchev–Trinajstić information content (AvgIpc) is 2.35. The molecule has 1 unspecified atom stereocenters. The van der Waals surface area contributed by atoms with E-state index < -0.39 is 0 Å². The molecule has 2 N–H and O–H groups in total. The number of hydrogen-bond donors (Lipinski definition) is 2. The van der Waals surface area contributed by atoms with Crippen molar-refractivity contribution < 1.29 is 4.79 Å². The second-order valence-corrected chi connectivity index (χ2v) is 6.94. The Bertz CT molecular complexity index is 338. The van der Waals surface area contributed by atoms with Crippen molar-refractivity contribution in [2.24, 2.45) is 10.4 Å². The van der Waals surface area contributed by atoms with Crippen molar-refractivity contribution in [3.63, 3.8) is 0 Å². The molecule has 0 aromatic rings. The first-order valence-electron chi connectivity index (χ1n) is 7.90. The molecule has 0 saturated heterocycles. The number of nitrogens with zero attached hydrogens (tertiary/aromatic N) is 2. The van der Waals surface area contributed by atoms with Gasteiger partial charge < -0.3 is 15.5 Å². The molecular weight excluding hydrogens is 391 g/mol. The van der Waals surface area contributed by atoms with Crippen LogP contribution in [0, 0.1) is 5.41 Å². The zero-order chi connectivity index (χ0) is 16.5. The number of carbonyl (C=O) groups is 1. The fraction of sp³-hybridized carbons (Fsp3) is 0.875. The quantitative estimate of drug-likeness (QED) is 0.374. The van der Waals surface area contributed by atoms with E-state index in [1.807, 2.05) is 6.92 Å². The summed E-state index contributed by atoms with van der Waals surface area (Å²) in [5.74, 6) is 0.904. The summed E-state index contributed by atoms with van der Waals surface area (Å²) in [5.41, 5.74) is 0.351. The Morgan fingerprint density at radius 1 is 1.27 bits per heavy atom. The van der Waals surface area contributed by atoms with Crippen LogP contribution in [0.5, 0.6) is 0 Å². The molecule has 0 bridgehead atoms. The number of rotatable bonds is 7. The summed E-state index contributed by atoms with van der Waals surface area (Å²) in [6, 6.07) is 0.367. The predicted molar refractivity (Wildman–Crippen MR) is 106 cm³/mol. The van der Waals surface area contributed by atoms with E-state index in [2.05, 4.69) is 43.3 Å². The summed E-state index contributed by atoms with van der Waals surface area (Å²) in [6.45, 7) is 12.3. The third kappa shape index (κ3) is 13.2. The molecule has 0 aromatic carbocycles. The smallest absolute Gasteiger partial charge is 0.223 e. The first-order valence-corrected chi connectivity index (χ1v) is 7.90. The first-order chi connectivity index (χ1) is 9.65. The van der Waals surface area contributed by atoms with Gasteiger partial charge in [-0.05, 0) is 32.1 Å². The molecule has 132 valence electrons. The molecule has 5 nitrogen and oxygen atoms in total. The highest BCUT2D eigenvalue weighted by Gasteiger charge is 2.13. The van der Waals surface area contributed by atoms with Crippen LogP contribution in [0.15, 0.2) is 4.99 Å². The van der Waals surface area contributed by atoms with Crippen LogP contribution in [0.25, 0.3) is 0 Å². The van der Waals surface area contributed by atoms with Crippen LogP contribution in [-0.2, 0) is 4.79 Å². The maximum atomic E-state index is 11.5. The molecule has 0 heterocycles. The van der Waals surface area contributed by atoms with E-state index >= 15 is 0 Å². The Kier molecular flexibility index (Phi) is 12.9. The number of aliphatic imine (C=N–C) groups is 1. The van der Waals surface area contributed by atoms with Crippen LogP contribution < -0.4 is 10.6 Å². The Balaban J connectivity index is 0. The maximum Gasteiger partial charge on any atom is 0.223 e. The molecule has 0 radical (unpaired) electrons. The minimum Gasteiger partial charge on any atom is -0.357 e. The van der Waals surface area contributed by atoms with Gasteiger partial charge in [0, 0.05) is 33.1 Å². The summed E-state index contributed by atoms with van der Waals surface area (Å²) in [5, 5.41) is 6.64. The van der Waals surface area contributed by atoms with Crippen molar-refractivity contribution >= 4 is 35.8 Å². The normalized spacial score (nSPS) is 13.1. The van der Waals surface area contributed by atoms with Crippen LogP contribution in [0.4, 0.5) is 0 Å². The molecule has 0 aliphatic carbocycles. The lowest BCUT2D eigenvalue weighted by atomic mass is 9.89. The molecule has 1 atom stereocenters. The highest BCUT2D eigenvalue weighted by molar-refractivity contribution is 14.0. The molecule has 0 aliphatic heterocycles. The molecular formula is C16H35IN4O. The van der Waals surface area contributed by atoms with E-state index in [9.17, 15) is 4.79 Å². The lowest BCUT2D eigenvalue weighted by Crippen LogP contribution is -2.42. The van der Waals surface area contributed by atoms with Crippen molar-refractivity contribution in [3.05, 3.63) is 0 Å². The van der Waals surface area contributed by atoms with E-state index in [1.165, 1.54) is 6.42 Å². The van der Waals surface area contributed by atoms with Crippen LogP contribution in [0.3, 0.4) is 0 Å². The zero-order valence-electron chi connectivity index (χ0n) is 15.3. The second-order valence-electron chi connectivity index (χ2n) is 6.94. The first kappa shape index (κ1) is 23.7. The van der Waals surface area contributed by atoms with Gasteiger partial charge in [-0.25, -0.2) is 0 Å². The minimum absolute atomic E-state index is 0. The third-order valence-electron chi connectivity index (χ3n) is 3.15. The van der Waals surface area contributed by atoms with Crippen molar-refractivity contribution in [1.29, 1.82) is 0 Å². The summed E-state index contributed by atoms with van der Waals surface area (Å²) < 4.78 is 0. The van der Waals surface area contributed by atoms with Gasteiger partial charge in [-0.15, -0.1) is 24.0 Å². The van der Waals surface area contributed by atoms with Crippen molar-refractivity contribution in [2.75, 3.05) is 27.2 Å². The van der Waals surface area contributed by atoms with Gasteiger partial charge in [0.1, 0.15) is 0 Å². The molecule has 1 amide bonds. The molecule has 0 aromatic heterocycles. The van der Waals surface area contributed by atoms with Crippen LogP contribution >= 0.6 is 24.0 Å². The minimum atomic E-state index is 0. The van der Waals surface area contributed by atoms with Crippen molar-refractivity contribution in [1.82, 2.24) is 15.5 Å². The van der Waals surface area contributed by atoms with Gasteiger partial charge in [0.05, 0.1) is 6.54 Å². The standard InChI is InChI=1S/C16H34N4O.HI/c1-8-17-15(18-12-10-14(21)20(6)7)19-13(2)9-11-16(3,4)5;/h13H,8-12H2,1-7H3,(H2,17,18,19);1H. The van der Waals surface area contributed by atoms with E-state index in [0.717, 1.165) is 18.9 Å². The van der Waals surface area contributed by atoms with Crippen LogP contribution in [0.2, 0.25) is 0 Å². The van der Waals surface area contributed by atoms with E-state index in [0.29, 0.717) is 24.4 Å². The van der Waals surface area contributed by atoms with E-state index in [4.69, 9.17) is 0 Å². The lowest BCUT2D eigenvalue weighted by Gasteiger charge is -2.23. The lowest BCUT2D eigenvalue weighted by molar-refractivity contribution is -0.128. The molecule has 0 rings (SSSR count). The Labute approximate surface area is 153 Å². The fourth-order valence-electron chi connectivity index (χ4n) is 1.76. The number of carbonyl (C=O) groups excluding carboxylic acids is 1. The SMILES string of the molecule is CCNC(=NCCC(=O)N(C)C)NC(C)CCC(C)(C)C.I. The third-order valence-corrected chi connectivity index (χ3v) is 3.15. The second kappa shape index (κ2) is 12.0. The molecule has 22 heavy (non-hydrogen) atoms. The summed E-state index contributed by atoms with van der Waals surface area (Å²) in [6.07, 6.45) is 2.71. The Morgan fingerprint density at radius 3 is 2.32 bits per heavy atom. The maximum absolute atomic E-state index is 11.5. The number of amides is 1. The largest absolute Gasteiger partial charge is 0.357 e. The topological polar surface area (TPSA) is 56.7 Å². The van der Waals surface area contributed by atoms with Gasteiger partial charge in [-0.1, -0.05) is 20.8 Å². The summed E-state index contributed by atoms with van der Waals surface area (Å²) in [7, 11) is 3.54. The van der Waals surface area contributed by atoms with Gasteiger partial charge in [0.15, 0.2) is 5.96 Å². The Morgan fingerprint density at radius 2 is 1.86 bits per heavy atom. The molecule has 6 heteroatoms. The van der Waals surface area contributed by atoms with Gasteiger partial charge in [0.25, 0.3) is 0 Å². The molecule has 0 fully saturated rings. The van der Waals surface area contributed by atoms with Crippen LogP contribution in [0.1, 0.15) is 53.9 Å². The summed E-state index contributed by atoms with van der Waals surface area (Å²) >= 11 is 0. The van der Waals surface area contributed by atoms with Gasteiger partial charge in [-0.2, -0.15) is 0 Å². The molecule has 0 saturated carbocycles. The predicted octanol–water partition coefficient (Wildman–Crippen LogP) is 2.85. The van der Waals surface area contributed by atoms with Gasteiger partial charge in [-0.3, -0.25) is 9.79 Å². The zero-order valence-corrected chi connectivity index (χ0v) is 17.7. The van der Waals surface area contributed by atoms with Crippen molar-refractivity contribution in [3.8, 4) is 0 Å². The van der Waals surface area contributed by atoms with Crippen molar-refractivity contribution in [2.45, 2.75) is 59.9 Å². The summed E-state index contributed by atoms with van der Waals surface area (Å²) in [4.78, 5) is 17.6. The van der Waals surface area contributed by atoms with E-state index in [1.54, 1.807) is 19.0 Å². The Hall–Kier alpha value is -0.530. The number of halogens is 1. The monoisotopic (exact) mass is 426 g/mol. The van der Waals surface area contributed by atoms with Crippen LogP contribution in [-0.4, -0.2) is 50.0 Å². The number of nitrogens with one attached hydrogen (secondary N) is 2. The highest BCUT2D eigenvalue weighted by Crippen LogP contribution is 2.21.